The standard InChI is InChI=1S/C23H21ClN2O/c24-21-5-3-4-20(16-21)17-7-9-18(10-8-17)23(27)19-11-14-26(15-12-19)22-6-1-2-13-25-22/h1-10,13,16,19H,11-12,14-15H2. The number of rotatable bonds is 4. The van der Waals surface area contributed by atoms with Gasteiger partial charge in [-0.05, 0) is 48.2 Å². The number of ketones is 1. The molecule has 0 unspecified atom stereocenters. The molecule has 0 saturated carbocycles. The van der Waals surface area contributed by atoms with Gasteiger partial charge in [-0.25, -0.2) is 4.98 Å². The highest BCUT2D eigenvalue weighted by Gasteiger charge is 2.26. The van der Waals surface area contributed by atoms with Gasteiger partial charge in [-0.15, -0.1) is 0 Å². The fraction of sp³-hybridized carbons (Fsp3) is 0.217. The Hall–Kier alpha value is -2.65. The van der Waals surface area contributed by atoms with Crippen molar-refractivity contribution >= 4 is 23.2 Å². The number of nitrogens with zero attached hydrogens (tertiary/aromatic N) is 2. The summed E-state index contributed by atoms with van der Waals surface area (Å²) in [6, 6.07) is 21.6. The minimum Gasteiger partial charge on any atom is -0.357 e. The van der Waals surface area contributed by atoms with Gasteiger partial charge in [0.2, 0.25) is 0 Å². The lowest BCUT2D eigenvalue weighted by Gasteiger charge is -2.32. The van der Waals surface area contributed by atoms with Crippen molar-refractivity contribution in [1.82, 2.24) is 4.98 Å². The number of Topliss-reactive ketones (excluding diaryl/α,β-unsaturated/α-hetero) is 1. The van der Waals surface area contributed by atoms with Crippen LogP contribution in [0.2, 0.25) is 5.02 Å². The molecule has 4 rings (SSSR count). The zero-order chi connectivity index (χ0) is 18.6. The van der Waals surface area contributed by atoms with E-state index in [4.69, 9.17) is 11.6 Å². The molecule has 0 atom stereocenters. The lowest BCUT2D eigenvalue weighted by Crippen LogP contribution is -2.36. The van der Waals surface area contributed by atoms with Crippen LogP contribution in [0.3, 0.4) is 0 Å². The highest BCUT2D eigenvalue weighted by atomic mass is 35.5. The van der Waals surface area contributed by atoms with Crippen molar-refractivity contribution in [1.29, 1.82) is 0 Å². The quantitative estimate of drug-likeness (QED) is 0.563. The zero-order valence-electron chi connectivity index (χ0n) is 15.0. The SMILES string of the molecule is O=C(c1ccc(-c2cccc(Cl)c2)cc1)C1CCN(c2ccccn2)CC1. The average Bonchev–Trinajstić information content (AvgIpc) is 2.74. The molecular weight excluding hydrogens is 356 g/mol. The predicted molar refractivity (Wildman–Crippen MR) is 110 cm³/mol. The minimum atomic E-state index is 0.0852. The second-order valence-corrected chi connectivity index (χ2v) is 7.34. The van der Waals surface area contributed by atoms with Crippen LogP contribution in [0.5, 0.6) is 0 Å². The van der Waals surface area contributed by atoms with E-state index in [-0.39, 0.29) is 11.7 Å². The summed E-state index contributed by atoms with van der Waals surface area (Å²) in [6.07, 6.45) is 3.55. The molecule has 3 nitrogen and oxygen atoms in total. The van der Waals surface area contributed by atoms with Gasteiger partial charge in [0.15, 0.2) is 5.78 Å². The van der Waals surface area contributed by atoms with Crippen LogP contribution in [-0.2, 0) is 0 Å². The van der Waals surface area contributed by atoms with Crippen LogP contribution < -0.4 is 4.90 Å². The van der Waals surface area contributed by atoms with Gasteiger partial charge in [0.25, 0.3) is 0 Å². The van der Waals surface area contributed by atoms with Gasteiger partial charge in [-0.3, -0.25) is 4.79 Å². The fourth-order valence-corrected chi connectivity index (χ4v) is 3.83. The maximum absolute atomic E-state index is 12.9. The number of anilines is 1. The topological polar surface area (TPSA) is 33.2 Å². The van der Waals surface area contributed by atoms with E-state index in [1.165, 1.54) is 0 Å². The number of pyridine rings is 1. The Labute approximate surface area is 164 Å². The molecule has 27 heavy (non-hydrogen) atoms. The second kappa shape index (κ2) is 7.93. The third kappa shape index (κ3) is 4.04. The molecule has 0 amide bonds. The molecular formula is C23H21ClN2O. The Kier molecular flexibility index (Phi) is 5.21. The van der Waals surface area contributed by atoms with Gasteiger partial charge in [-0.2, -0.15) is 0 Å². The average molecular weight is 377 g/mol. The van der Waals surface area contributed by atoms with Crippen LogP contribution in [0.4, 0.5) is 5.82 Å². The Balaban J connectivity index is 1.41. The first kappa shape index (κ1) is 17.7. The molecule has 1 aromatic heterocycles. The molecule has 2 heterocycles. The number of piperidine rings is 1. The minimum absolute atomic E-state index is 0.0852. The Bertz CT molecular complexity index is 917. The summed E-state index contributed by atoms with van der Waals surface area (Å²) in [5.41, 5.74) is 2.92. The van der Waals surface area contributed by atoms with Crippen molar-refractivity contribution in [2.75, 3.05) is 18.0 Å². The van der Waals surface area contributed by atoms with Crippen LogP contribution >= 0.6 is 11.6 Å². The monoisotopic (exact) mass is 376 g/mol. The molecule has 1 saturated heterocycles. The van der Waals surface area contributed by atoms with E-state index in [0.29, 0.717) is 5.02 Å². The number of hydrogen-bond acceptors (Lipinski definition) is 3. The van der Waals surface area contributed by atoms with Gasteiger partial charge < -0.3 is 4.90 Å². The summed E-state index contributed by atoms with van der Waals surface area (Å²) in [4.78, 5) is 19.6. The zero-order valence-corrected chi connectivity index (χ0v) is 15.8. The molecule has 3 aromatic rings. The van der Waals surface area contributed by atoms with Gasteiger partial charge in [0, 0.05) is 35.8 Å². The third-order valence-electron chi connectivity index (χ3n) is 5.17. The van der Waals surface area contributed by atoms with Crippen molar-refractivity contribution < 1.29 is 4.79 Å². The maximum Gasteiger partial charge on any atom is 0.166 e. The van der Waals surface area contributed by atoms with Crippen LogP contribution in [-0.4, -0.2) is 23.9 Å². The van der Waals surface area contributed by atoms with Gasteiger partial charge in [0.05, 0.1) is 0 Å². The van der Waals surface area contributed by atoms with Crippen LogP contribution in [0.25, 0.3) is 11.1 Å². The van der Waals surface area contributed by atoms with Crippen LogP contribution in [0.1, 0.15) is 23.2 Å². The largest absolute Gasteiger partial charge is 0.357 e. The normalized spacial score (nSPS) is 14.9. The Morgan fingerprint density at radius 2 is 1.70 bits per heavy atom. The van der Waals surface area contributed by atoms with E-state index in [0.717, 1.165) is 48.4 Å². The first-order chi connectivity index (χ1) is 13.2. The fourth-order valence-electron chi connectivity index (χ4n) is 3.64. The molecule has 0 aliphatic carbocycles. The first-order valence-corrected chi connectivity index (χ1v) is 9.65. The van der Waals surface area contributed by atoms with Gasteiger partial charge in [-0.1, -0.05) is 54.1 Å². The van der Waals surface area contributed by atoms with E-state index >= 15 is 0 Å². The summed E-state index contributed by atoms with van der Waals surface area (Å²) >= 11 is 6.07. The van der Waals surface area contributed by atoms with Crippen molar-refractivity contribution in [3.63, 3.8) is 0 Å². The van der Waals surface area contributed by atoms with E-state index in [1.54, 1.807) is 0 Å². The third-order valence-corrected chi connectivity index (χ3v) is 5.40. The highest BCUT2D eigenvalue weighted by molar-refractivity contribution is 6.30. The lowest BCUT2D eigenvalue weighted by atomic mass is 9.88. The van der Waals surface area contributed by atoms with Crippen molar-refractivity contribution in [2.45, 2.75) is 12.8 Å². The van der Waals surface area contributed by atoms with E-state index in [1.807, 2.05) is 72.9 Å². The molecule has 0 N–H and O–H groups in total. The van der Waals surface area contributed by atoms with Crippen molar-refractivity contribution in [2.24, 2.45) is 5.92 Å². The molecule has 1 aliphatic rings. The predicted octanol–water partition coefficient (Wildman–Crippen LogP) is 5.50. The Morgan fingerprint density at radius 1 is 0.926 bits per heavy atom. The second-order valence-electron chi connectivity index (χ2n) is 6.90. The number of benzene rings is 2. The number of hydrogen-bond donors (Lipinski definition) is 0. The summed E-state index contributed by atoms with van der Waals surface area (Å²) in [7, 11) is 0. The summed E-state index contributed by atoms with van der Waals surface area (Å²) in [5, 5.41) is 0.715. The maximum atomic E-state index is 12.9. The molecule has 1 fully saturated rings. The molecule has 0 radical (unpaired) electrons. The van der Waals surface area contributed by atoms with Crippen molar-refractivity contribution in [3.05, 3.63) is 83.5 Å². The van der Waals surface area contributed by atoms with Crippen molar-refractivity contribution in [3.8, 4) is 11.1 Å². The summed E-state index contributed by atoms with van der Waals surface area (Å²) in [5.74, 6) is 1.32. The van der Waals surface area contributed by atoms with Crippen LogP contribution in [0.15, 0.2) is 72.9 Å². The number of aromatic nitrogens is 1. The van der Waals surface area contributed by atoms with E-state index in [2.05, 4.69) is 9.88 Å². The molecule has 0 spiro atoms. The molecule has 1 aliphatic heterocycles. The summed E-state index contributed by atoms with van der Waals surface area (Å²) in [6.45, 7) is 1.74. The van der Waals surface area contributed by atoms with Crippen LogP contribution in [0, 0.1) is 5.92 Å². The highest BCUT2D eigenvalue weighted by Crippen LogP contribution is 2.27. The van der Waals surface area contributed by atoms with Gasteiger partial charge in [0.1, 0.15) is 5.82 Å². The van der Waals surface area contributed by atoms with E-state index in [9.17, 15) is 4.79 Å². The first-order valence-electron chi connectivity index (χ1n) is 9.27. The molecule has 0 bridgehead atoms. The molecule has 2 aromatic carbocycles. The van der Waals surface area contributed by atoms with E-state index < -0.39 is 0 Å². The summed E-state index contributed by atoms with van der Waals surface area (Å²) < 4.78 is 0. The number of carbonyl (C=O) groups excluding carboxylic acids is 1. The number of halogens is 1. The van der Waals surface area contributed by atoms with Gasteiger partial charge >= 0.3 is 0 Å². The molecule has 136 valence electrons. The lowest BCUT2D eigenvalue weighted by molar-refractivity contribution is 0.0900. The smallest absolute Gasteiger partial charge is 0.166 e. The molecule has 4 heteroatoms. The number of carbonyl (C=O) groups is 1. The Morgan fingerprint density at radius 3 is 2.37 bits per heavy atom.